The number of amides is 1. The largest absolute Gasteiger partial charge is 0.378 e. The fourth-order valence-electron chi connectivity index (χ4n) is 4.44. The average molecular weight is 453 g/mol. The lowest BCUT2D eigenvalue weighted by Crippen LogP contribution is -2.38. The molecule has 1 N–H and O–H groups in total. The van der Waals surface area contributed by atoms with Crippen molar-refractivity contribution >= 4 is 44.8 Å². The Kier molecular flexibility index (Phi) is 5.93. The summed E-state index contributed by atoms with van der Waals surface area (Å²) in [6, 6.07) is 3.90. The minimum absolute atomic E-state index is 0.00666. The zero-order chi connectivity index (χ0) is 22.1. The van der Waals surface area contributed by atoms with Gasteiger partial charge in [-0.1, -0.05) is 0 Å². The van der Waals surface area contributed by atoms with Gasteiger partial charge in [0.2, 0.25) is 5.91 Å². The molecule has 0 radical (unpaired) electrons. The Balaban J connectivity index is 1.20. The molecule has 9 heteroatoms. The molecule has 0 aromatic carbocycles. The molecular weight excluding hydrogens is 424 g/mol. The number of thiophene rings is 1. The third kappa shape index (κ3) is 4.14. The molecule has 5 heterocycles. The van der Waals surface area contributed by atoms with E-state index in [1.807, 2.05) is 12.1 Å². The molecule has 2 fully saturated rings. The van der Waals surface area contributed by atoms with Crippen LogP contribution >= 0.6 is 11.3 Å². The molecule has 3 aromatic rings. The highest BCUT2D eigenvalue weighted by molar-refractivity contribution is 7.18. The van der Waals surface area contributed by atoms with Crippen molar-refractivity contribution in [3.8, 4) is 0 Å². The maximum atomic E-state index is 12.9. The Morgan fingerprint density at radius 2 is 1.84 bits per heavy atom. The predicted octanol–water partition coefficient (Wildman–Crippen LogP) is 3.39. The Labute approximate surface area is 191 Å². The molecule has 1 amide bonds. The SMILES string of the molecule is Cc1sc2ncnc(N3CCC(C(=O)Nc4ccc(N5CCOCC5)nc4)CC3)c2c1C. The van der Waals surface area contributed by atoms with Crippen molar-refractivity contribution in [1.82, 2.24) is 15.0 Å². The number of hydrogen-bond donors (Lipinski definition) is 1. The van der Waals surface area contributed by atoms with Gasteiger partial charge in [0, 0.05) is 37.0 Å². The lowest BCUT2D eigenvalue weighted by atomic mass is 9.95. The smallest absolute Gasteiger partial charge is 0.227 e. The first-order chi connectivity index (χ1) is 15.6. The summed E-state index contributed by atoms with van der Waals surface area (Å²) in [6.45, 7) is 9.04. The van der Waals surface area contributed by atoms with Gasteiger partial charge in [-0.2, -0.15) is 0 Å². The monoisotopic (exact) mass is 452 g/mol. The molecule has 0 atom stereocenters. The van der Waals surface area contributed by atoms with Gasteiger partial charge < -0.3 is 19.9 Å². The van der Waals surface area contributed by atoms with Crippen molar-refractivity contribution in [3.05, 3.63) is 35.1 Å². The first-order valence-electron chi connectivity index (χ1n) is 11.2. The van der Waals surface area contributed by atoms with Gasteiger partial charge in [0.15, 0.2) is 0 Å². The normalized spacial score (nSPS) is 17.7. The van der Waals surface area contributed by atoms with E-state index in [0.29, 0.717) is 0 Å². The Morgan fingerprint density at radius 3 is 2.56 bits per heavy atom. The summed E-state index contributed by atoms with van der Waals surface area (Å²) in [7, 11) is 0. The van der Waals surface area contributed by atoms with Gasteiger partial charge in [-0.25, -0.2) is 15.0 Å². The lowest BCUT2D eigenvalue weighted by molar-refractivity contribution is -0.120. The molecule has 0 aliphatic carbocycles. The van der Waals surface area contributed by atoms with Gasteiger partial charge in [-0.3, -0.25) is 4.79 Å². The van der Waals surface area contributed by atoms with E-state index in [2.05, 4.69) is 43.9 Å². The number of ether oxygens (including phenoxy) is 1. The number of rotatable bonds is 4. The molecule has 168 valence electrons. The predicted molar refractivity (Wildman–Crippen MR) is 128 cm³/mol. The topological polar surface area (TPSA) is 83.5 Å². The van der Waals surface area contributed by atoms with Crippen molar-refractivity contribution in [1.29, 1.82) is 0 Å². The first kappa shape index (κ1) is 21.1. The fraction of sp³-hybridized carbons (Fsp3) is 0.478. The van der Waals surface area contributed by atoms with E-state index in [9.17, 15) is 4.79 Å². The van der Waals surface area contributed by atoms with Crippen LogP contribution in [-0.2, 0) is 9.53 Å². The number of morpholine rings is 1. The maximum absolute atomic E-state index is 12.9. The van der Waals surface area contributed by atoms with Crippen LogP contribution in [0.25, 0.3) is 10.2 Å². The summed E-state index contributed by atoms with van der Waals surface area (Å²) in [6.07, 6.45) is 5.01. The molecule has 2 aliphatic rings. The van der Waals surface area contributed by atoms with Crippen LogP contribution in [0.4, 0.5) is 17.3 Å². The van der Waals surface area contributed by atoms with E-state index < -0.39 is 0 Å². The minimum Gasteiger partial charge on any atom is -0.378 e. The van der Waals surface area contributed by atoms with Crippen molar-refractivity contribution in [2.24, 2.45) is 5.92 Å². The number of aryl methyl sites for hydroxylation is 2. The molecule has 5 rings (SSSR count). The number of hydrogen-bond acceptors (Lipinski definition) is 8. The maximum Gasteiger partial charge on any atom is 0.227 e. The Hall–Kier alpha value is -2.78. The van der Waals surface area contributed by atoms with Gasteiger partial charge in [0.1, 0.15) is 22.8 Å². The highest BCUT2D eigenvalue weighted by Crippen LogP contribution is 2.35. The summed E-state index contributed by atoms with van der Waals surface area (Å²) >= 11 is 1.72. The van der Waals surface area contributed by atoms with Crippen molar-refractivity contribution in [3.63, 3.8) is 0 Å². The second-order valence-electron chi connectivity index (χ2n) is 8.42. The van der Waals surface area contributed by atoms with E-state index in [1.165, 1.54) is 10.4 Å². The van der Waals surface area contributed by atoms with E-state index in [4.69, 9.17) is 4.74 Å². The number of nitrogens with zero attached hydrogens (tertiary/aromatic N) is 5. The fourth-order valence-corrected chi connectivity index (χ4v) is 5.43. The number of carbonyl (C=O) groups is 1. The van der Waals surface area contributed by atoms with Crippen LogP contribution in [0.5, 0.6) is 0 Å². The van der Waals surface area contributed by atoms with E-state index >= 15 is 0 Å². The van der Waals surface area contributed by atoms with Crippen LogP contribution in [0.2, 0.25) is 0 Å². The van der Waals surface area contributed by atoms with Crippen molar-refractivity contribution in [2.45, 2.75) is 26.7 Å². The molecule has 0 spiro atoms. The van der Waals surface area contributed by atoms with Crippen LogP contribution in [0.1, 0.15) is 23.3 Å². The highest BCUT2D eigenvalue weighted by atomic mass is 32.1. The number of fused-ring (bicyclic) bond motifs is 1. The highest BCUT2D eigenvalue weighted by Gasteiger charge is 2.27. The van der Waals surface area contributed by atoms with E-state index in [0.717, 1.165) is 79.8 Å². The summed E-state index contributed by atoms with van der Waals surface area (Å²) in [5, 5.41) is 4.21. The molecule has 8 nitrogen and oxygen atoms in total. The number of nitrogens with one attached hydrogen (secondary N) is 1. The average Bonchev–Trinajstić information content (AvgIpc) is 3.14. The van der Waals surface area contributed by atoms with Crippen LogP contribution in [0, 0.1) is 19.8 Å². The number of aromatic nitrogens is 3. The second kappa shape index (κ2) is 8.99. The Morgan fingerprint density at radius 1 is 1.06 bits per heavy atom. The summed E-state index contributed by atoms with van der Waals surface area (Å²) in [5.41, 5.74) is 2.00. The number of carbonyl (C=O) groups excluding carboxylic acids is 1. The molecule has 32 heavy (non-hydrogen) atoms. The van der Waals surface area contributed by atoms with Gasteiger partial charge in [-0.05, 0) is 44.4 Å². The molecule has 2 aliphatic heterocycles. The first-order valence-corrected chi connectivity index (χ1v) is 12.0. The van der Waals surface area contributed by atoms with Gasteiger partial charge in [0.25, 0.3) is 0 Å². The second-order valence-corrected chi connectivity index (χ2v) is 9.62. The van der Waals surface area contributed by atoms with Crippen molar-refractivity contribution in [2.75, 3.05) is 54.5 Å². The zero-order valence-corrected chi connectivity index (χ0v) is 19.3. The third-order valence-electron chi connectivity index (χ3n) is 6.46. The van der Waals surface area contributed by atoms with Crippen LogP contribution < -0.4 is 15.1 Å². The molecule has 2 saturated heterocycles. The van der Waals surface area contributed by atoms with Gasteiger partial charge in [0.05, 0.1) is 30.5 Å². The van der Waals surface area contributed by atoms with Gasteiger partial charge in [-0.15, -0.1) is 11.3 Å². The zero-order valence-electron chi connectivity index (χ0n) is 18.5. The van der Waals surface area contributed by atoms with Crippen LogP contribution in [0.15, 0.2) is 24.7 Å². The molecule has 0 saturated carbocycles. The number of anilines is 3. The molecule has 3 aromatic heterocycles. The molecular formula is C23H28N6O2S. The minimum atomic E-state index is -0.00666. The number of piperidine rings is 1. The molecule has 0 unspecified atom stereocenters. The van der Waals surface area contributed by atoms with Crippen molar-refractivity contribution < 1.29 is 9.53 Å². The summed E-state index contributed by atoms with van der Waals surface area (Å²) in [4.78, 5) is 33.2. The molecule has 0 bridgehead atoms. The van der Waals surface area contributed by atoms with Gasteiger partial charge >= 0.3 is 0 Å². The third-order valence-corrected chi connectivity index (χ3v) is 7.58. The van der Waals surface area contributed by atoms with E-state index in [-0.39, 0.29) is 11.8 Å². The standard InChI is InChI=1S/C23H28N6O2S/c1-15-16(2)32-23-20(15)21(25-14-26-23)29-7-5-17(6-8-29)22(30)27-18-3-4-19(24-13-18)28-9-11-31-12-10-28/h3-4,13-14,17H,5-12H2,1-2H3,(H,27,30). The summed E-state index contributed by atoms with van der Waals surface area (Å²) < 4.78 is 5.39. The van der Waals surface area contributed by atoms with E-state index in [1.54, 1.807) is 23.9 Å². The van der Waals surface area contributed by atoms with Crippen LogP contribution in [0.3, 0.4) is 0 Å². The summed E-state index contributed by atoms with van der Waals surface area (Å²) in [5.74, 6) is 1.99. The Bertz CT molecular complexity index is 1100. The lowest BCUT2D eigenvalue weighted by Gasteiger charge is -2.32. The quantitative estimate of drug-likeness (QED) is 0.650. The number of pyridine rings is 1. The van der Waals surface area contributed by atoms with Crippen LogP contribution in [-0.4, -0.2) is 60.3 Å².